The average Bonchev–Trinajstić information content (AvgIpc) is 3.26. The number of hydrogen-bond acceptors (Lipinski definition) is 5. The molecule has 3 amide bonds. The number of aryl methyl sites for hydroxylation is 1. The maximum Gasteiger partial charge on any atom is 0.405 e. The number of rotatable bonds is 8. The Kier molecular flexibility index (Phi) is 6.27. The summed E-state index contributed by atoms with van der Waals surface area (Å²) in [4.78, 5) is 49.0. The minimum Gasteiger partial charge on any atom is -0.465 e. The minimum atomic E-state index is -1.83. The summed E-state index contributed by atoms with van der Waals surface area (Å²) in [6, 6.07) is -0.0348. The zero-order valence-corrected chi connectivity index (χ0v) is 17.0. The van der Waals surface area contributed by atoms with E-state index in [-0.39, 0.29) is 18.7 Å². The normalized spacial score (nSPS) is 25.2. The van der Waals surface area contributed by atoms with E-state index >= 15 is 0 Å². The topological polar surface area (TPSA) is 142 Å². The van der Waals surface area contributed by atoms with Gasteiger partial charge in [-0.1, -0.05) is 12.8 Å². The lowest BCUT2D eigenvalue weighted by molar-refractivity contribution is -0.146. The van der Waals surface area contributed by atoms with Gasteiger partial charge < -0.3 is 21.1 Å². The van der Waals surface area contributed by atoms with E-state index in [1.54, 1.807) is 7.05 Å². The van der Waals surface area contributed by atoms with Gasteiger partial charge in [-0.25, -0.2) is 13.6 Å². The molecule has 10 nitrogen and oxygen atoms in total. The van der Waals surface area contributed by atoms with Crippen LogP contribution in [0.5, 0.6) is 0 Å². The highest BCUT2D eigenvalue weighted by atomic mass is 19.1. The van der Waals surface area contributed by atoms with E-state index in [0.717, 1.165) is 0 Å². The first-order chi connectivity index (χ1) is 14.5. The molecule has 2 fully saturated rings. The van der Waals surface area contributed by atoms with Crippen molar-refractivity contribution in [2.75, 3.05) is 5.32 Å². The number of carbonyl (C=O) groups is 4. The standard InChI is InChI=1S/C19H25F2N5O5/c1-26-7-4-13(25-26)23-16(29)14(27)19(8-11(20)9-19)24-15(28)12(22-17(30)31)10-18(21)5-2-3-6-18/h4,7,11-12,22H,2-3,5-6,8-10H2,1H3,(H,24,28)(H,30,31)(H,23,25,29). The molecule has 2 saturated carbocycles. The van der Waals surface area contributed by atoms with Crippen LogP contribution in [0.25, 0.3) is 0 Å². The molecule has 0 aromatic carbocycles. The van der Waals surface area contributed by atoms with Crippen LogP contribution in [0.4, 0.5) is 19.4 Å². The molecule has 4 N–H and O–H groups in total. The Morgan fingerprint density at radius 2 is 1.94 bits per heavy atom. The van der Waals surface area contributed by atoms with Gasteiger partial charge in [0, 0.05) is 38.6 Å². The number of nitrogens with zero attached hydrogens (tertiary/aromatic N) is 2. The smallest absolute Gasteiger partial charge is 0.405 e. The third-order valence-electron chi connectivity index (χ3n) is 5.78. The van der Waals surface area contributed by atoms with Gasteiger partial charge >= 0.3 is 6.09 Å². The van der Waals surface area contributed by atoms with E-state index < -0.39 is 66.4 Å². The number of Topliss-reactive ketones (excluding diaryl/α,β-unsaturated/α-hetero) is 1. The summed E-state index contributed by atoms with van der Waals surface area (Å²) in [6.07, 6.45) is -1.06. The number of halogens is 2. The Labute approximate surface area is 176 Å². The number of hydrogen-bond donors (Lipinski definition) is 4. The lowest BCUT2D eigenvalue weighted by Gasteiger charge is -2.43. The Bertz CT molecular complexity index is 877. The summed E-state index contributed by atoms with van der Waals surface area (Å²) in [6.45, 7) is 0. The molecule has 1 aromatic rings. The SMILES string of the molecule is Cn1ccc(NC(=O)C(=O)C2(NC(=O)C(CC3(F)CCCC3)NC(=O)O)CC(F)C2)n1. The number of carboxylic acid groups (broad SMARTS) is 1. The van der Waals surface area contributed by atoms with Crippen LogP contribution in [0.15, 0.2) is 12.3 Å². The van der Waals surface area contributed by atoms with Crippen molar-refractivity contribution in [2.45, 2.75) is 68.4 Å². The summed E-state index contributed by atoms with van der Waals surface area (Å²) in [5.74, 6) is -3.04. The number of carbonyl (C=O) groups excluding carboxylic acids is 3. The van der Waals surface area contributed by atoms with Gasteiger partial charge in [-0.3, -0.25) is 19.1 Å². The number of anilines is 1. The first-order valence-electron chi connectivity index (χ1n) is 10.0. The molecule has 0 radical (unpaired) electrons. The van der Waals surface area contributed by atoms with Crippen molar-refractivity contribution in [3.05, 3.63) is 12.3 Å². The molecule has 2 aliphatic carbocycles. The average molecular weight is 441 g/mol. The van der Waals surface area contributed by atoms with Crippen molar-refractivity contribution in [1.29, 1.82) is 0 Å². The fourth-order valence-corrected chi connectivity index (χ4v) is 4.17. The quantitative estimate of drug-likeness (QED) is 0.447. The van der Waals surface area contributed by atoms with Crippen LogP contribution < -0.4 is 16.0 Å². The number of alkyl halides is 2. The Morgan fingerprint density at radius 1 is 1.29 bits per heavy atom. The van der Waals surface area contributed by atoms with Gasteiger partial charge in [-0.15, -0.1) is 0 Å². The molecule has 170 valence electrons. The van der Waals surface area contributed by atoms with Gasteiger partial charge in [0.2, 0.25) is 11.7 Å². The number of nitrogens with one attached hydrogen (secondary N) is 3. The van der Waals surface area contributed by atoms with Crippen LogP contribution in [-0.4, -0.2) is 62.0 Å². The maximum absolute atomic E-state index is 14.9. The molecule has 1 atom stereocenters. The Morgan fingerprint density at radius 3 is 2.45 bits per heavy atom. The Hall–Kier alpha value is -3.05. The second-order valence-corrected chi connectivity index (χ2v) is 8.30. The highest BCUT2D eigenvalue weighted by molar-refractivity contribution is 6.44. The minimum absolute atomic E-state index is 0.101. The second kappa shape index (κ2) is 8.60. The molecule has 0 spiro atoms. The molecule has 3 rings (SSSR count). The van der Waals surface area contributed by atoms with Crippen LogP contribution in [0.2, 0.25) is 0 Å². The number of aromatic nitrogens is 2. The van der Waals surface area contributed by atoms with Gasteiger partial charge in [0.15, 0.2) is 5.82 Å². The summed E-state index contributed by atoms with van der Waals surface area (Å²) >= 11 is 0. The molecule has 1 aromatic heterocycles. The molecule has 0 aliphatic heterocycles. The molecule has 31 heavy (non-hydrogen) atoms. The fraction of sp³-hybridized carbons (Fsp3) is 0.632. The molecular formula is C19H25F2N5O5. The van der Waals surface area contributed by atoms with Crippen LogP contribution in [-0.2, 0) is 21.4 Å². The predicted molar refractivity (Wildman–Crippen MR) is 104 cm³/mol. The second-order valence-electron chi connectivity index (χ2n) is 8.30. The monoisotopic (exact) mass is 441 g/mol. The third kappa shape index (κ3) is 5.17. The van der Waals surface area contributed by atoms with Crippen LogP contribution >= 0.6 is 0 Å². The van der Waals surface area contributed by atoms with Crippen molar-refractivity contribution >= 4 is 29.5 Å². The van der Waals surface area contributed by atoms with Crippen LogP contribution in [0.3, 0.4) is 0 Å². The molecule has 1 heterocycles. The molecule has 2 aliphatic rings. The van der Waals surface area contributed by atoms with Gasteiger partial charge in [0.05, 0.1) is 0 Å². The van der Waals surface area contributed by atoms with Crippen molar-refractivity contribution in [3.8, 4) is 0 Å². The number of amides is 3. The lowest BCUT2D eigenvalue weighted by Crippen LogP contribution is -2.68. The van der Waals surface area contributed by atoms with E-state index in [2.05, 4.69) is 15.7 Å². The van der Waals surface area contributed by atoms with Crippen LogP contribution in [0.1, 0.15) is 44.9 Å². The fourth-order valence-electron chi connectivity index (χ4n) is 4.17. The number of ketones is 1. The van der Waals surface area contributed by atoms with E-state index in [4.69, 9.17) is 5.11 Å². The van der Waals surface area contributed by atoms with E-state index in [1.807, 2.05) is 5.32 Å². The zero-order chi connectivity index (χ0) is 22.8. The van der Waals surface area contributed by atoms with E-state index in [9.17, 15) is 28.0 Å². The molecular weight excluding hydrogens is 416 g/mol. The Balaban J connectivity index is 1.72. The zero-order valence-electron chi connectivity index (χ0n) is 17.0. The van der Waals surface area contributed by atoms with Crippen molar-refractivity contribution < 1.29 is 33.1 Å². The largest absolute Gasteiger partial charge is 0.465 e. The first-order valence-corrected chi connectivity index (χ1v) is 10.0. The summed E-state index contributed by atoms with van der Waals surface area (Å²) in [5.41, 5.74) is -3.53. The van der Waals surface area contributed by atoms with Crippen molar-refractivity contribution in [3.63, 3.8) is 0 Å². The summed E-state index contributed by atoms with van der Waals surface area (Å²) < 4.78 is 30.0. The lowest BCUT2D eigenvalue weighted by atomic mass is 9.71. The predicted octanol–water partition coefficient (Wildman–Crippen LogP) is 1.22. The van der Waals surface area contributed by atoms with Crippen LogP contribution in [0, 0.1) is 0 Å². The van der Waals surface area contributed by atoms with E-state index in [1.165, 1.54) is 16.9 Å². The third-order valence-corrected chi connectivity index (χ3v) is 5.78. The van der Waals surface area contributed by atoms with Gasteiger partial charge in [0.25, 0.3) is 5.91 Å². The first kappa shape index (κ1) is 22.6. The van der Waals surface area contributed by atoms with E-state index in [0.29, 0.717) is 12.8 Å². The summed E-state index contributed by atoms with van der Waals surface area (Å²) in [7, 11) is 1.61. The van der Waals surface area contributed by atoms with Gasteiger partial charge in [-0.05, 0) is 12.8 Å². The molecule has 1 unspecified atom stereocenters. The molecule has 0 bridgehead atoms. The van der Waals surface area contributed by atoms with Gasteiger partial charge in [0.1, 0.15) is 23.4 Å². The van der Waals surface area contributed by atoms with Gasteiger partial charge in [-0.2, -0.15) is 5.10 Å². The molecule has 0 saturated heterocycles. The summed E-state index contributed by atoms with van der Waals surface area (Å²) in [5, 5.41) is 19.5. The maximum atomic E-state index is 14.9. The van der Waals surface area contributed by atoms with Crippen molar-refractivity contribution in [1.82, 2.24) is 20.4 Å². The molecule has 12 heteroatoms. The van der Waals surface area contributed by atoms with Crippen molar-refractivity contribution in [2.24, 2.45) is 7.05 Å². The highest BCUT2D eigenvalue weighted by Crippen LogP contribution is 2.39. The highest BCUT2D eigenvalue weighted by Gasteiger charge is 2.55.